The predicted molar refractivity (Wildman–Crippen MR) is 92.2 cm³/mol. The standard InChI is InChI=1S/C21H16/c1-14-6-3-4-8-18(14)15(2)10-11-16-12-17-7-5-9-19-20(13-16)21(17)19/h3-13H,2H2,1H3/b11-10+. The van der Waals surface area contributed by atoms with E-state index in [0.717, 1.165) is 5.57 Å². The van der Waals surface area contributed by atoms with Crippen molar-refractivity contribution in [2.24, 2.45) is 0 Å². The Balaban J connectivity index is 1.65. The Bertz CT molecular complexity index is 910. The summed E-state index contributed by atoms with van der Waals surface area (Å²) in [4.78, 5) is 0. The molecular formula is C21H16. The van der Waals surface area contributed by atoms with Gasteiger partial charge in [0.15, 0.2) is 0 Å². The number of hydrogen-bond donors (Lipinski definition) is 0. The van der Waals surface area contributed by atoms with Crippen molar-refractivity contribution in [3.8, 4) is 11.1 Å². The van der Waals surface area contributed by atoms with Gasteiger partial charge in [0.1, 0.15) is 0 Å². The molecule has 0 heterocycles. The van der Waals surface area contributed by atoms with Crippen LogP contribution in [0, 0.1) is 6.92 Å². The molecule has 4 rings (SSSR count). The molecule has 0 atom stereocenters. The van der Waals surface area contributed by atoms with Crippen LogP contribution in [0.1, 0.15) is 16.7 Å². The van der Waals surface area contributed by atoms with Crippen molar-refractivity contribution < 1.29 is 0 Å². The molecule has 0 radical (unpaired) electrons. The highest BCUT2D eigenvalue weighted by Gasteiger charge is 2.20. The van der Waals surface area contributed by atoms with Crippen molar-refractivity contribution in [2.45, 2.75) is 6.92 Å². The second kappa shape index (κ2) is 4.46. The number of allylic oxidation sites excluding steroid dienone is 2. The average molecular weight is 268 g/mol. The van der Waals surface area contributed by atoms with Crippen molar-refractivity contribution >= 4 is 22.4 Å². The fourth-order valence-corrected chi connectivity index (χ4v) is 3.01. The van der Waals surface area contributed by atoms with E-state index >= 15 is 0 Å². The number of benzene rings is 3. The van der Waals surface area contributed by atoms with Crippen LogP contribution in [0.5, 0.6) is 0 Å². The highest BCUT2D eigenvalue weighted by Crippen LogP contribution is 2.47. The van der Waals surface area contributed by atoms with Gasteiger partial charge in [-0.25, -0.2) is 0 Å². The lowest BCUT2D eigenvalue weighted by Crippen LogP contribution is -1.83. The molecule has 1 aliphatic carbocycles. The van der Waals surface area contributed by atoms with E-state index in [1.165, 1.54) is 38.6 Å². The highest BCUT2D eigenvalue weighted by molar-refractivity contribution is 6.20. The normalized spacial score (nSPS) is 12.0. The third kappa shape index (κ3) is 2.00. The molecule has 0 heteroatoms. The van der Waals surface area contributed by atoms with Crippen LogP contribution in [0.2, 0.25) is 0 Å². The molecule has 0 unspecified atom stereocenters. The zero-order valence-corrected chi connectivity index (χ0v) is 12.1. The number of fused-ring (bicyclic) bond motifs is 1. The summed E-state index contributed by atoms with van der Waals surface area (Å²) < 4.78 is 0. The molecule has 0 aliphatic heterocycles. The van der Waals surface area contributed by atoms with E-state index in [2.05, 4.69) is 80.3 Å². The Morgan fingerprint density at radius 1 is 0.952 bits per heavy atom. The minimum absolute atomic E-state index is 1.06. The van der Waals surface area contributed by atoms with Gasteiger partial charge in [0.25, 0.3) is 0 Å². The Morgan fingerprint density at radius 2 is 1.81 bits per heavy atom. The van der Waals surface area contributed by atoms with Gasteiger partial charge in [-0.3, -0.25) is 0 Å². The van der Waals surface area contributed by atoms with Gasteiger partial charge in [0.2, 0.25) is 0 Å². The summed E-state index contributed by atoms with van der Waals surface area (Å²) in [7, 11) is 0. The maximum atomic E-state index is 4.19. The van der Waals surface area contributed by atoms with Crippen LogP contribution < -0.4 is 0 Å². The van der Waals surface area contributed by atoms with E-state index < -0.39 is 0 Å². The van der Waals surface area contributed by atoms with E-state index in [0.29, 0.717) is 0 Å². The lowest BCUT2D eigenvalue weighted by molar-refractivity contribution is 1.43. The van der Waals surface area contributed by atoms with Crippen LogP contribution in [0.15, 0.2) is 67.3 Å². The molecule has 0 saturated heterocycles. The molecule has 0 bridgehead atoms. The van der Waals surface area contributed by atoms with Crippen molar-refractivity contribution in [3.63, 3.8) is 0 Å². The van der Waals surface area contributed by atoms with Crippen LogP contribution in [0.25, 0.3) is 33.5 Å². The van der Waals surface area contributed by atoms with Crippen molar-refractivity contribution in [1.82, 2.24) is 0 Å². The first-order chi connectivity index (χ1) is 10.2. The lowest BCUT2D eigenvalue weighted by atomic mass is 10.0. The van der Waals surface area contributed by atoms with Crippen LogP contribution >= 0.6 is 0 Å². The zero-order chi connectivity index (χ0) is 14.4. The first-order valence-electron chi connectivity index (χ1n) is 7.24. The molecule has 0 spiro atoms. The van der Waals surface area contributed by atoms with Crippen LogP contribution in [-0.4, -0.2) is 0 Å². The average Bonchev–Trinajstić information content (AvgIpc) is 3.21. The molecule has 0 saturated carbocycles. The SMILES string of the molecule is C=C(/C=C/c1cc2c3c-2cccc3c1)c1ccccc1C. The molecule has 0 aromatic heterocycles. The summed E-state index contributed by atoms with van der Waals surface area (Å²) in [6, 6.07) is 19.4. The number of hydrogen-bond acceptors (Lipinski definition) is 0. The third-order valence-electron chi connectivity index (χ3n) is 4.19. The molecule has 100 valence electrons. The van der Waals surface area contributed by atoms with Gasteiger partial charge >= 0.3 is 0 Å². The largest absolute Gasteiger partial charge is 0.0911 e. The molecule has 3 aromatic carbocycles. The summed E-state index contributed by atoms with van der Waals surface area (Å²) in [5.41, 5.74) is 7.59. The molecule has 0 N–H and O–H groups in total. The van der Waals surface area contributed by atoms with Gasteiger partial charge in [-0.1, -0.05) is 61.2 Å². The maximum absolute atomic E-state index is 4.19. The zero-order valence-electron chi connectivity index (χ0n) is 12.1. The molecule has 0 fully saturated rings. The van der Waals surface area contributed by atoms with Gasteiger partial charge in [-0.05, 0) is 63.2 Å². The first-order valence-corrected chi connectivity index (χ1v) is 7.24. The monoisotopic (exact) mass is 268 g/mol. The van der Waals surface area contributed by atoms with Gasteiger partial charge in [0, 0.05) is 0 Å². The Labute approximate surface area is 125 Å². The van der Waals surface area contributed by atoms with Gasteiger partial charge < -0.3 is 0 Å². The molecule has 21 heavy (non-hydrogen) atoms. The van der Waals surface area contributed by atoms with Gasteiger partial charge in [-0.15, -0.1) is 0 Å². The van der Waals surface area contributed by atoms with Crippen molar-refractivity contribution in [2.75, 3.05) is 0 Å². The van der Waals surface area contributed by atoms with E-state index in [-0.39, 0.29) is 0 Å². The molecule has 0 nitrogen and oxygen atoms in total. The second-order valence-corrected chi connectivity index (χ2v) is 5.65. The van der Waals surface area contributed by atoms with Gasteiger partial charge in [0.05, 0.1) is 0 Å². The van der Waals surface area contributed by atoms with E-state index in [1.54, 1.807) is 0 Å². The topological polar surface area (TPSA) is 0 Å². The second-order valence-electron chi connectivity index (χ2n) is 5.65. The van der Waals surface area contributed by atoms with Crippen LogP contribution in [-0.2, 0) is 0 Å². The van der Waals surface area contributed by atoms with Crippen molar-refractivity contribution in [1.29, 1.82) is 0 Å². The van der Waals surface area contributed by atoms with Gasteiger partial charge in [-0.2, -0.15) is 0 Å². The van der Waals surface area contributed by atoms with Crippen LogP contribution in [0.4, 0.5) is 0 Å². The fourth-order valence-electron chi connectivity index (χ4n) is 3.01. The quantitative estimate of drug-likeness (QED) is 0.408. The maximum Gasteiger partial charge on any atom is -0.00259 e. The predicted octanol–water partition coefficient (Wildman–Crippen LogP) is 5.86. The summed E-state index contributed by atoms with van der Waals surface area (Å²) in [5.74, 6) is 0. The molecular weight excluding hydrogens is 252 g/mol. The molecule has 3 aromatic rings. The van der Waals surface area contributed by atoms with E-state index in [1.807, 2.05) is 0 Å². The molecule has 0 amide bonds. The lowest BCUT2D eigenvalue weighted by Gasteiger charge is -2.04. The Morgan fingerprint density at radius 3 is 2.67 bits per heavy atom. The smallest absolute Gasteiger partial charge is 0.00259 e. The van der Waals surface area contributed by atoms with Crippen LogP contribution in [0.3, 0.4) is 0 Å². The Hall–Kier alpha value is -2.60. The summed E-state index contributed by atoms with van der Waals surface area (Å²) in [5, 5.41) is 2.78. The molecule has 1 aliphatic rings. The van der Waals surface area contributed by atoms with E-state index in [4.69, 9.17) is 0 Å². The number of rotatable bonds is 3. The fraction of sp³-hybridized carbons (Fsp3) is 0.0476. The van der Waals surface area contributed by atoms with Crippen molar-refractivity contribution in [3.05, 3.63) is 83.9 Å². The first kappa shape index (κ1) is 12.2. The minimum atomic E-state index is 1.06. The Kier molecular flexibility index (Phi) is 2.58. The highest BCUT2D eigenvalue weighted by atomic mass is 14.2. The third-order valence-corrected chi connectivity index (χ3v) is 4.19. The summed E-state index contributed by atoms with van der Waals surface area (Å²) in [6.45, 7) is 6.32. The minimum Gasteiger partial charge on any atom is -0.0911 e. The van der Waals surface area contributed by atoms with E-state index in [9.17, 15) is 0 Å². The number of aryl methyl sites for hydroxylation is 1. The summed E-state index contributed by atoms with van der Waals surface area (Å²) in [6.07, 6.45) is 4.27. The summed E-state index contributed by atoms with van der Waals surface area (Å²) >= 11 is 0.